The largest absolute Gasteiger partial charge is 0.325 e. The molecule has 4 unspecified atom stereocenters. The first-order valence-electron chi connectivity index (χ1n) is 12.4. The highest BCUT2D eigenvalue weighted by atomic mass is 17.3. The Kier molecular flexibility index (Phi) is 17.4. The molecule has 0 saturated carbocycles. The van der Waals surface area contributed by atoms with Crippen LogP contribution < -0.4 is 0 Å². The van der Waals surface area contributed by atoms with Gasteiger partial charge < -0.3 is 9.47 Å². The van der Waals surface area contributed by atoms with Gasteiger partial charge in [0, 0.05) is 5.92 Å². The Balaban J connectivity index is 5.32. The van der Waals surface area contributed by atoms with Gasteiger partial charge in [0.05, 0.1) is 19.8 Å². The fourth-order valence-electron chi connectivity index (χ4n) is 3.32. The molecule has 176 valence electrons. The molecule has 29 heavy (non-hydrogen) atoms. The summed E-state index contributed by atoms with van der Waals surface area (Å²) in [6, 6.07) is 0. The van der Waals surface area contributed by atoms with Crippen LogP contribution in [-0.2, 0) is 19.2 Å². The van der Waals surface area contributed by atoms with E-state index in [1.165, 1.54) is 0 Å². The first-order chi connectivity index (χ1) is 13.8. The standard InChI is InChI=1S/C25H52O4/c1-9-13-15-24(12-4)25(26-18-16-21(5)6,27-20-23(8)14-10-2)29-28-19-17-22(7)11-3/h21-24H,9-20H2,1-8H3. The summed E-state index contributed by atoms with van der Waals surface area (Å²) in [5.41, 5.74) is 0. The smallest absolute Gasteiger partial charge is 0.314 e. The predicted molar refractivity (Wildman–Crippen MR) is 123 cm³/mol. The normalized spacial score (nSPS) is 17.3. The molecule has 0 spiro atoms. The van der Waals surface area contributed by atoms with Crippen LogP contribution in [0.1, 0.15) is 113 Å². The lowest BCUT2D eigenvalue weighted by Crippen LogP contribution is -2.47. The van der Waals surface area contributed by atoms with Crippen LogP contribution in [0.2, 0.25) is 0 Å². The Hall–Kier alpha value is -0.160. The molecular formula is C25H52O4. The van der Waals surface area contributed by atoms with Gasteiger partial charge in [-0.05, 0) is 49.9 Å². The van der Waals surface area contributed by atoms with E-state index in [4.69, 9.17) is 19.2 Å². The van der Waals surface area contributed by atoms with Crippen molar-refractivity contribution in [3.05, 3.63) is 0 Å². The summed E-state index contributed by atoms with van der Waals surface area (Å²) in [6.07, 6.45) is 9.67. The van der Waals surface area contributed by atoms with Gasteiger partial charge in [0.15, 0.2) is 0 Å². The first kappa shape index (κ1) is 28.8. The van der Waals surface area contributed by atoms with E-state index in [9.17, 15) is 0 Å². The minimum absolute atomic E-state index is 0.159. The molecule has 0 aromatic carbocycles. The molecular weight excluding hydrogens is 364 g/mol. The van der Waals surface area contributed by atoms with Gasteiger partial charge in [0.25, 0.3) is 0 Å². The maximum atomic E-state index is 6.44. The zero-order chi connectivity index (χ0) is 22.1. The van der Waals surface area contributed by atoms with Crippen molar-refractivity contribution in [2.75, 3.05) is 19.8 Å². The van der Waals surface area contributed by atoms with Gasteiger partial charge >= 0.3 is 5.97 Å². The summed E-state index contributed by atoms with van der Waals surface area (Å²) in [5, 5.41) is 0. The summed E-state index contributed by atoms with van der Waals surface area (Å²) in [5.74, 6) is 0.736. The van der Waals surface area contributed by atoms with Crippen molar-refractivity contribution in [2.45, 2.75) is 119 Å². The Labute approximate surface area is 182 Å². The predicted octanol–water partition coefficient (Wildman–Crippen LogP) is 7.76. The Morgan fingerprint density at radius 1 is 0.690 bits per heavy atom. The Bertz CT molecular complexity index is 361. The van der Waals surface area contributed by atoms with Crippen LogP contribution in [-0.4, -0.2) is 25.8 Å². The highest BCUT2D eigenvalue weighted by molar-refractivity contribution is 4.71. The molecule has 0 rings (SSSR count). The monoisotopic (exact) mass is 416 g/mol. The van der Waals surface area contributed by atoms with Crippen LogP contribution >= 0.6 is 0 Å². The minimum atomic E-state index is -1.10. The van der Waals surface area contributed by atoms with Gasteiger partial charge in [-0.1, -0.05) is 81.1 Å². The number of ether oxygens (including phenoxy) is 2. The van der Waals surface area contributed by atoms with Crippen molar-refractivity contribution < 1.29 is 19.2 Å². The molecule has 4 atom stereocenters. The van der Waals surface area contributed by atoms with E-state index < -0.39 is 5.97 Å². The van der Waals surface area contributed by atoms with Gasteiger partial charge in [-0.2, -0.15) is 4.89 Å². The number of hydrogen-bond acceptors (Lipinski definition) is 4. The molecule has 0 aromatic heterocycles. The highest BCUT2D eigenvalue weighted by Crippen LogP contribution is 2.34. The highest BCUT2D eigenvalue weighted by Gasteiger charge is 2.43. The molecule has 0 radical (unpaired) electrons. The Morgan fingerprint density at radius 2 is 1.41 bits per heavy atom. The van der Waals surface area contributed by atoms with Crippen molar-refractivity contribution >= 4 is 0 Å². The molecule has 0 aliphatic heterocycles. The van der Waals surface area contributed by atoms with E-state index in [2.05, 4.69) is 55.4 Å². The molecule has 0 amide bonds. The lowest BCUT2D eigenvalue weighted by atomic mass is 9.96. The summed E-state index contributed by atoms with van der Waals surface area (Å²) in [7, 11) is 0. The van der Waals surface area contributed by atoms with Gasteiger partial charge in [0.2, 0.25) is 0 Å². The topological polar surface area (TPSA) is 36.9 Å². The third kappa shape index (κ3) is 13.0. The quantitative estimate of drug-likeness (QED) is 0.0879. The summed E-state index contributed by atoms with van der Waals surface area (Å²) in [6.45, 7) is 19.6. The van der Waals surface area contributed by atoms with Gasteiger partial charge in [-0.3, -0.25) is 0 Å². The van der Waals surface area contributed by atoms with Gasteiger partial charge in [0.1, 0.15) is 0 Å². The lowest BCUT2D eigenvalue weighted by Gasteiger charge is -2.39. The zero-order valence-electron chi connectivity index (χ0n) is 20.9. The molecule has 0 aliphatic rings. The number of hydrogen-bond donors (Lipinski definition) is 0. The molecule has 0 N–H and O–H groups in total. The molecule has 0 bridgehead atoms. The summed E-state index contributed by atoms with van der Waals surface area (Å²) in [4.78, 5) is 11.8. The maximum absolute atomic E-state index is 6.44. The SMILES string of the molecule is CCCCC(CC)C(OCCC(C)C)(OCC(C)CCC)OOCCC(C)CC. The molecule has 0 aromatic rings. The molecule has 4 nitrogen and oxygen atoms in total. The summed E-state index contributed by atoms with van der Waals surface area (Å²) >= 11 is 0. The van der Waals surface area contributed by atoms with Crippen LogP contribution in [0.3, 0.4) is 0 Å². The van der Waals surface area contributed by atoms with E-state index in [1.54, 1.807) is 0 Å². The van der Waals surface area contributed by atoms with Crippen LogP contribution in [0.4, 0.5) is 0 Å². The second-order valence-electron chi connectivity index (χ2n) is 9.29. The van der Waals surface area contributed by atoms with E-state index >= 15 is 0 Å². The van der Waals surface area contributed by atoms with Crippen LogP contribution in [0.5, 0.6) is 0 Å². The second-order valence-corrected chi connectivity index (χ2v) is 9.29. The molecule has 4 heteroatoms. The maximum Gasteiger partial charge on any atom is 0.314 e. The third-order valence-corrected chi connectivity index (χ3v) is 5.81. The van der Waals surface area contributed by atoms with Crippen molar-refractivity contribution in [2.24, 2.45) is 23.7 Å². The average molecular weight is 417 g/mol. The van der Waals surface area contributed by atoms with Crippen molar-refractivity contribution in [3.63, 3.8) is 0 Å². The molecule has 0 fully saturated rings. The minimum Gasteiger partial charge on any atom is -0.325 e. The van der Waals surface area contributed by atoms with E-state index in [-0.39, 0.29) is 5.92 Å². The third-order valence-electron chi connectivity index (χ3n) is 5.81. The van der Waals surface area contributed by atoms with Crippen LogP contribution in [0.15, 0.2) is 0 Å². The van der Waals surface area contributed by atoms with Crippen LogP contribution in [0, 0.1) is 23.7 Å². The molecule has 0 heterocycles. The summed E-state index contributed by atoms with van der Waals surface area (Å²) < 4.78 is 12.8. The average Bonchev–Trinajstić information content (AvgIpc) is 2.69. The zero-order valence-corrected chi connectivity index (χ0v) is 20.9. The lowest BCUT2D eigenvalue weighted by molar-refractivity contribution is -0.525. The van der Waals surface area contributed by atoms with Gasteiger partial charge in [-0.25, -0.2) is 4.89 Å². The van der Waals surface area contributed by atoms with Crippen molar-refractivity contribution in [1.82, 2.24) is 0 Å². The molecule has 0 aliphatic carbocycles. The fraction of sp³-hybridized carbons (Fsp3) is 1.00. The van der Waals surface area contributed by atoms with E-state index in [1.807, 2.05) is 0 Å². The second kappa shape index (κ2) is 17.5. The van der Waals surface area contributed by atoms with Gasteiger partial charge in [-0.15, -0.1) is 0 Å². The fourth-order valence-corrected chi connectivity index (χ4v) is 3.32. The van der Waals surface area contributed by atoms with Crippen molar-refractivity contribution in [1.29, 1.82) is 0 Å². The number of rotatable bonds is 20. The van der Waals surface area contributed by atoms with Crippen LogP contribution in [0.25, 0.3) is 0 Å². The van der Waals surface area contributed by atoms with E-state index in [0.717, 1.165) is 57.8 Å². The van der Waals surface area contributed by atoms with Crippen molar-refractivity contribution in [3.8, 4) is 0 Å². The molecule has 0 saturated heterocycles. The first-order valence-corrected chi connectivity index (χ1v) is 12.4. The Morgan fingerprint density at radius 3 is 1.97 bits per heavy atom. The number of unbranched alkanes of at least 4 members (excludes halogenated alkanes) is 1. The van der Waals surface area contributed by atoms with E-state index in [0.29, 0.717) is 37.6 Å².